The quantitative estimate of drug-likeness (QED) is 0.666. The van der Waals surface area contributed by atoms with E-state index in [-0.39, 0.29) is 11.9 Å². The molecule has 0 saturated carbocycles. The number of hydrogen-bond donors (Lipinski definition) is 1. The second-order valence-electron chi connectivity index (χ2n) is 6.23. The summed E-state index contributed by atoms with van der Waals surface area (Å²) in [6.07, 6.45) is 0.997. The number of ether oxygens (including phenoxy) is 2. The van der Waals surface area contributed by atoms with Gasteiger partial charge in [-0.3, -0.25) is 4.79 Å². The molecule has 0 aliphatic rings. The maximum atomic E-state index is 12.2. The fraction of sp³-hybridized carbons (Fsp3) is 0.400. The second kappa shape index (κ2) is 9.83. The minimum Gasteiger partial charge on any atom is -0.493 e. The third-order valence-corrected chi connectivity index (χ3v) is 4.89. The molecule has 26 heavy (non-hydrogen) atoms. The van der Waals surface area contributed by atoms with Crippen LogP contribution < -0.4 is 14.8 Å². The molecule has 1 N–H and O–H groups in total. The molecule has 1 aromatic carbocycles. The number of hydrogen-bond acceptors (Lipinski definition) is 5. The Hall–Kier alpha value is -2.52. The van der Waals surface area contributed by atoms with E-state index in [2.05, 4.69) is 31.3 Å². The van der Waals surface area contributed by atoms with Gasteiger partial charge in [-0.1, -0.05) is 19.9 Å². The van der Waals surface area contributed by atoms with Gasteiger partial charge in [0.2, 0.25) is 5.91 Å². The number of carbonyl (C=O) groups is 1. The van der Waals surface area contributed by atoms with Crippen molar-refractivity contribution >= 4 is 17.2 Å². The summed E-state index contributed by atoms with van der Waals surface area (Å²) in [6.45, 7) is 4.61. The van der Waals surface area contributed by atoms with Crippen LogP contribution in [0.2, 0.25) is 0 Å². The lowest BCUT2D eigenvalue weighted by Crippen LogP contribution is -2.31. The topological polar surface area (TPSA) is 71.3 Å². The van der Waals surface area contributed by atoms with Gasteiger partial charge in [-0.05, 0) is 35.9 Å². The van der Waals surface area contributed by atoms with Crippen LogP contribution >= 0.6 is 11.3 Å². The van der Waals surface area contributed by atoms with Gasteiger partial charge < -0.3 is 14.8 Å². The fourth-order valence-electron chi connectivity index (χ4n) is 2.55. The summed E-state index contributed by atoms with van der Waals surface area (Å²) in [5, 5.41) is 14.0. The van der Waals surface area contributed by atoms with Gasteiger partial charge >= 0.3 is 0 Å². The predicted octanol–water partition coefficient (Wildman–Crippen LogP) is 4.30. The standard InChI is InChI=1S/C20H24N2O3S/c1-14(2)20(18-6-5-11-26-18)22-19(23)7-4-10-25-16-9-8-15(13-21)12-17(16)24-3/h5-6,8-9,11-12,14,20H,4,7,10H2,1-3H3,(H,22,23). The van der Waals surface area contributed by atoms with Gasteiger partial charge in [0.15, 0.2) is 11.5 Å². The molecule has 0 bridgehead atoms. The number of methoxy groups -OCH3 is 1. The number of benzene rings is 1. The molecule has 0 saturated heterocycles. The van der Waals surface area contributed by atoms with Crippen molar-refractivity contribution in [1.82, 2.24) is 5.32 Å². The van der Waals surface area contributed by atoms with Crippen LogP contribution in [-0.4, -0.2) is 19.6 Å². The lowest BCUT2D eigenvalue weighted by Gasteiger charge is -2.21. The van der Waals surface area contributed by atoms with Gasteiger partial charge in [0.1, 0.15) is 0 Å². The molecule has 1 amide bonds. The van der Waals surface area contributed by atoms with E-state index in [4.69, 9.17) is 14.7 Å². The fourth-order valence-corrected chi connectivity index (χ4v) is 3.50. The van der Waals surface area contributed by atoms with Crippen molar-refractivity contribution in [2.24, 2.45) is 5.92 Å². The molecule has 0 spiro atoms. The molecule has 138 valence electrons. The number of carbonyl (C=O) groups excluding carboxylic acids is 1. The average Bonchev–Trinajstić information content (AvgIpc) is 3.17. The highest BCUT2D eigenvalue weighted by molar-refractivity contribution is 7.10. The van der Waals surface area contributed by atoms with Crippen molar-refractivity contribution in [3.05, 3.63) is 46.2 Å². The molecule has 0 aliphatic carbocycles. The number of nitrogens with zero attached hydrogens (tertiary/aromatic N) is 1. The maximum Gasteiger partial charge on any atom is 0.220 e. The number of nitriles is 1. The molecule has 0 aliphatic heterocycles. The Morgan fingerprint density at radius 3 is 2.73 bits per heavy atom. The van der Waals surface area contributed by atoms with Crippen LogP contribution in [0.15, 0.2) is 35.7 Å². The minimum absolute atomic E-state index is 0.0208. The van der Waals surface area contributed by atoms with Crippen molar-refractivity contribution in [1.29, 1.82) is 5.26 Å². The monoisotopic (exact) mass is 372 g/mol. The first-order valence-corrected chi connectivity index (χ1v) is 9.46. The molecular weight excluding hydrogens is 348 g/mol. The molecule has 1 heterocycles. The highest BCUT2D eigenvalue weighted by Crippen LogP contribution is 2.28. The zero-order chi connectivity index (χ0) is 18.9. The molecule has 2 rings (SSSR count). The van der Waals surface area contributed by atoms with Crippen LogP contribution in [0.1, 0.15) is 43.2 Å². The third-order valence-electron chi connectivity index (χ3n) is 3.93. The summed E-state index contributed by atoms with van der Waals surface area (Å²) in [5.41, 5.74) is 0.516. The van der Waals surface area contributed by atoms with Crippen molar-refractivity contribution in [2.45, 2.75) is 32.7 Å². The third kappa shape index (κ3) is 5.50. The van der Waals surface area contributed by atoms with Gasteiger partial charge in [-0.15, -0.1) is 11.3 Å². The second-order valence-corrected chi connectivity index (χ2v) is 7.21. The Kier molecular flexibility index (Phi) is 7.49. The van der Waals surface area contributed by atoms with Crippen molar-refractivity contribution in [2.75, 3.05) is 13.7 Å². The van der Waals surface area contributed by atoms with E-state index in [0.717, 1.165) is 0 Å². The van der Waals surface area contributed by atoms with Crippen LogP contribution in [0.5, 0.6) is 11.5 Å². The minimum atomic E-state index is 0.0208. The van der Waals surface area contributed by atoms with Crippen LogP contribution in [0.4, 0.5) is 0 Å². The first-order chi connectivity index (χ1) is 12.5. The lowest BCUT2D eigenvalue weighted by molar-refractivity contribution is -0.122. The summed E-state index contributed by atoms with van der Waals surface area (Å²) in [6, 6.07) is 11.2. The SMILES string of the molecule is COc1cc(C#N)ccc1OCCCC(=O)NC(c1cccs1)C(C)C. The van der Waals surface area contributed by atoms with Crippen LogP contribution in [0.3, 0.4) is 0 Å². The van der Waals surface area contributed by atoms with Gasteiger partial charge in [0.05, 0.1) is 31.4 Å². The summed E-state index contributed by atoms with van der Waals surface area (Å²) in [7, 11) is 1.54. The van der Waals surface area contributed by atoms with Crippen LogP contribution in [0.25, 0.3) is 0 Å². The lowest BCUT2D eigenvalue weighted by atomic mass is 10.0. The summed E-state index contributed by atoms with van der Waals surface area (Å²) in [4.78, 5) is 13.4. The summed E-state index contributed by atoms with van der Waals surface area (Å²) < 4.78 is 10.9. The Morgan fingerprint density at radius 2 is 2.12 bits per heavy atom. The first kappa shape index (κ1) is 19.8. The van der Waals surface area contributed by atoms with Gasteiger partial charge in [0, 0.05) is 17.4 Å². The predicted molar refractivity (Wildman–Crippen MR) is 102 cm³/mol. The van der Waals surface area contributed by atoms with Gasteiger partial charge in [0.25, 0.3) is 0 Å². The zero-order valence-electron chi connectivity index (χ0n) is 15.3. The molecular formula is C20H24N2O3S. The van der Waals surface area contributed by atoms with Crippen LogP contribution in [0, 0.1) is 17.2 Å². The van der Waals surface area contributed by atoms with E-state index in [1.807, 2.05) is 11.4 Å². The number of amides is 1. The highest BCUT2D eigenvalue weighted by atomic mass is 32.1. The molecule has 1 unspecified atom stereocenters. The first-order valence-electron chi connectivity index (χ1n) is 8.59. The highest BCUT2D eigenvalue weighted by Gasteiger charge is 2.19. The number of rotatable bonds is 9. The van der Waals surface area contributed by atoms with Crippen molar-refractivity contribution in [3.8, 4) is 17.6 Å². The molecule has 1 aromatic heterocycles. The summed E-state index contributed by atoms with van der Waals surface area (Å²) >= 11 is 1.66. The average molecular weight is 372 g/mol. The molecule has 5 nitrogen and oxygen atoms in total. The van der Waals surface area contributed by atoms with Crippen LogP contribution in [-0.2, 0) is 4.79 Å². The van der Waals surface area contributed by atoms with E-state index >= 15 is 0 Å². The Bertz CT molecular complexity index is 751. The number of thiophene rings is 1. The van der Waals surface area contributed by atoms with E-state index in [0.29, 0.717) is 42.4 Å². The van der Waals surface area contributed by atoms with E-state index in [1.54, 1.807) is 29.5 Å². The molecule has 0 fully saturated rings. The van der Waals surface area contributed by atoms with Gasteiger partial charge in [-0.2, -0.15) is 5.26 Å². The smallest absolute Gasteiger partial charge is 0.220 e. The molecule has 6 heteroatoms. The normalized spacial score (nSPS) is 11.7. The van der Waals surface area contributed by atoms with Crippen molar-refractivity contribution in [3.63, 3.8) is 0 Å². The largest absolute Gasteiger partial charge is 0.493 e. The molecule has 1 atom stereocenters. The van der Waals surface area contributed by atoms with Crippen molar-refractivity contribution < 1.29 is 14.3 Å². The Labute approximate surface area is 158 Å². The Balaban J connectivity index is 1.81. The maximum absolute atomic E-state index is 12.2. The van der Waals surface area contributed by atoms with E-state index < -0.39 is 0 Å². The summed E-state index contributed by atoms with van der Waals surface area (Å²) in [5.74, 6) is 1.45. The van der Waals surface area contributed by atoms with E-state index in [1.165, 1.54) is 12.0 Å². The Morgan fingerprint density at radius 1 is 1.31 bits per heavy atom. The van der Waals surface area contributed by atoms with E-state index in [9.17, 15) is 4.79 Å². The zero-order valence-corrected chi connectivity index (χ0v) is 16.1. The molecule has 0 radical (unpaired) electrons. The number of nitrogens with one attached hydrogen (secondary N) is 1. The van der Waals surface area contributed by atoms with Gasteiger partial charge in [-0.25, -0.2) is 0 Å². The molecule has 2 aromatic rings.